The number of carbonyl (C=O) groups is 1. The Bertz CT molecular complexity index is 445. The summed E-state index contributed by atoms with van der Waals surface area (Å²) >= 11 is 0. The summed E-state index contributed by atoms with van der Waals surface area (Å²) in [7, 11) is 1.47. The minimum Gasteiger partial charge on any atom is -0.468 e. The molecule has 1 atom stereocenters. The van der Waals surface area contributed by atoms with E-state index in [4.69, 9.17) is 4.74 Å². The molecule has 1 aliphatic heterocycles. The van der Waals surface area contributed by atoms with Crippen molar-refractivity contribution >= 4 is 5.97 Å². The zero-order valence-electron chi connectivity index (χ0n) is 12.6. The van der Waals surface area contributed by atoms with Crippen molar-refractivity contribution in [3.63, 3.8) is 0 Å². The van der Waals surface area contributed by atoms with E-state index in [1.807, 2.05) is 0 Å². The van der Waals surface area contributed by atoms with Crippen LogP contribution >= 0.6 is 0 Å². The summed E-state index contributed by atoms with van der Waals surface area (Å²) in [4.78, 5) is 14.5. The highest BCUT2D eigenvalue weighted by atomic mass is 16.5. The molecular weight excluding hydrogens is 252 g/mol. The van der Waals surface area contributed by atoms with Crippen molar-refractivity contribution in [1.29, 1.82) is 0 Å². The molecule has 4 nitrogen and oxygen atoms in total. The van der Waals surface area contributed by atoms with E-state index in [0.29, 0.717) is 0 Å². The second-order valence-corrected chi connectivity index (χ2v) is 5.49. The quantitative estimate of drug-likeness (QED) is 0.855. The van der Waals surface area contributed by atoms with Crippen molar-refractivity contribution in [2.75, 3.05) is 33.3 Å². The van der Waals surface area contributed by atoms with Crippen LogP contribution in [0.4, 0.5) is 0 Å². The van der Waals surface area contributed by atoms with Gasteiger partial charge in [-0.25, -0.2) is 4.79 Å². The number of rotatable bonds is 3. The average molecular weight is 276 g/mol. The van der Waals surface area contributed by atoms with Gasteiger partial charge in [-0.3, -0.25) is 4.90 Å². The SMILES string of the molecule is COC(=O)C(c1cc(C)cc(C)c1)N1CCCNCC1. The van der Waals surface area contributed by atoms with Gasteiger partial charge in [0, 0.05) is 19.6 Å². The molecule has 0 radical (unpaired) electrons. The lowest BCUT2D eigenvalue weighted by molar-refractivity contribution is -0.147. The standard InChI is InChI=1S/C16H24N2O2/c1-12-9-13(2)11-14(10-12)15(16(19)20-3)18-7-4-5-17-6-8-18/h9-11,15,17H,4-8H2,1-3H3. The molecule has 1 fully saturated rings. The fourth-order valence-electron chi connectivity index (χ4n) is 2.90. The van der Waals surface area contributed by atoms with Crippen LogP contribution < -0.4 is 5.32 Å². The average Bonchev–Trinajstić information content (AvgIpc) is 2.67. The Labute approximate surface area is 121 Å². The van der Waals surface area contributed by atoms with Gasteiger partial charge in [0.15, 0.2) is 0 Å². The second-order valence-electron chi connectivity index (χ2n) is 5.49. The van der Waals surface area contributed by atoms with Crippen LogP contribution in [0.25, 0.3) is 0 Å². The highest BCUT2D eigenvalue weighted by Gasteiger charge is 2.29. The number of hydrogen-bond acceptors (Lipinski definition) is 4. The number of benzene rings is 1. The number of nitrogens with zero attached hydrogens (tertiary/aromatic N) is 1. The summed E-state index contributed by atoms with van der Waals surface area (Å²) in [6, 6.07) is 6.01. The molecule has 1 saturated heterocycles. The Hall–Kier alpha value is -1.39. The number of nitrogens with one attached hydrogen (secondary N) is 1. The first kappa shape index (κ1) is 15.0. The molecule has 0 amide bonds. The predicted molar refractivity (Wildman–Crippen MR) is 79.7 cm³/mol. The highest BCUT2D eigenvalue weighted by Crippen LogP contribution is 2.25. The van der Waals surface area contributed by atoms with Crippen LogP contribution in [0.5, 0.6) is 0 Å². The summed E-state index contributed by atoms with van der Waals surface area (Å²) in [6.45, 7) is 7.84. The Morgan fingerprint density at radius 1 is 1.20 bits per heavy atom. The number of hydrogen-bond donors (Lipinski definition) is 1. The van der Waals surface area contributed by atoms with Crippen LogP contribution in [0.2, 0.25) is 0 Å². The molecule has 1 unspecified atom stereocenters. The number of carbonyl (C=O) groups excluding carboxylic acids is 1. The lowest BCUT2D eigenvalue weighted by Gasteiger charge is -2.29. The molecule has 4 heteroatoms. The van der Waals surface area contributed by atoms with Crippen molar-refractivity contribution in [2.45, 2.75) is 26.3 Å². The molecule has 0 aliphatic carbocycles. The van der Waals surface area contributed by atoms with Gasteiger partial charge < -0.3 is 10.1 Å². The third-order valence-electron chi connectivity index (χ3n) is 3.72. The minimum atomic E-state index is -0.293. The van der Waals surface area contributed by atoms with E-state index < -0.39 is 0 Å². The van der Waals surface area contributed by atoms with Crippen LogP contribution in [0.15, 0.2) is 18.2 Å². The molecule has 0 aromatic heterocycles. The molecule has 0 spiro atoms. The smallest absolute Gasteiger partial charge is 0.327 e. The monoisotopic (exact) mass is 276 g/mol. The minimum absolute atomic E-state index is 0.170. The molecule has 1 N–H and O–H groups in total. The first-order chi connectivity index (χ1) is 9.61. The number of ether oxygens (including phenoxy) is 1. The number of aryl methyl sites for hydroxylation is 2. The fourth-order valence-corrected chi connectivity index (χ4v) is 2.90. The summed E-state index contributed by atoms with van der Waals surface area (Å²) < 4.78 is 5.04. The molecular formula is C16H24N2O2. The molecule has 1 aliphatic rings. The number of esters is 1. The van der Waals surface area contributed by atoms with Crippen LogP contribution in [0.1, 0.15) is 29.2 Å². The van der Waals surface area contributed by atoms with E-state index in [1.165, 1.54) is 18.2 Å². The maximum absolute atomic E-state index is 12.3. The molecule has 1 aromatic carbocycles. The van der Waals surface area contributed by atoms with E-state index in [2.05, 4.69) is 42.3 Å². The molecule has 1 aromatic rings. The van der Waals surface area contributed by atoms with Gasteiger partial charge in [-0.1, -0.05) is 29.3 Å². The first-order valence-corrected chi connectivity index (χ1v) is 7.22. The summed E-state index contributed by atoms with van der Waals surface area (Å²) in [5, 5.41) is 3.37. The maximum atomic E-state index is 12.3. The zero-order valence-corrected chi connectivity index (χ0v) is 12.6. The molecule has 0 saturated carbocycles. The summed E-state index contributed by atoms with van der Waals surface area (Å²) in [5.74, 6) is -0.170. The van der Waals surface area contributed by atoms with Crippen LogP contribution in [0, 0.1) is 13.8 Å². The molecule has 20 heavy (non-hydrogen) atoms. The second kappa shape index (κ2) is 6.86. The van der Waals surface area contributed by atoms with E-state index >= 15 is 0 Å². The van der Waals surface area contributed by atoms with Gasteiger partial charge in [0.05, 0.1) is 7.11 Å². The van der Waals surface area contributed by atoms with Crippen molar-refractivity contribution in [3.05, 3.63) is 34.9 Å². The first-order valence-electron chi connectivity index (χ1n) is 7.22. The van der Waals surface area contributed by atoms with Crippen molar-refractivity contribution < 1.29 is 9.53 Å². The largest absolute Gasteiger partial charge is 0.468 e. The van der Waals surface area contributed by atoms with Gasteiger partial charge in [-0.05, 0) is 32.4 Å². The lowest BCUT2D eigenvalue weighted by atomic mass is 10.00. The van der Waals surface area contributed by atoms with E-state index in [9.17, 15) is 4.79 Å². The Kier molecular flexibility index (Phi) is 5.15. The Balaban J connectivity index is 2.32. The van der Waals surface area contributed by atoms with Crippen molar-refractivity contribution in [1.82, 2.24) is 10.2 Å². The van der Waals surface area contributed by atoms with Crippen LogP contribution in [-0.2, 0) is 9.53 Å². The number of methoxy groups -OCH3 is 1. The maximum Gasteiger partial charge on any atom is 0.327 e. The highest BCUT2D eigenvalue weighted by molar-refractivity contribution is 5.77. The Morgan fingerprint density at radius 2 is 1.90 bits per heavy atom. The third-order valence-corrected chi connectivity index (χ3v) is 3.72. The van der Waals surface area contributed by atoms with Crippen molar-refractivity contribution in [3.8, 4) is 0 Å². The summed E-state index contributed by atoms with van der Waals surface area (Å²) in [5.41, 5.74) is 3.40. The van der Waals surface area contributed by atoms with Gasteiger partial charge >= 0.3 is 5.97 Å². The Morgan fingerprint density at radius 3 is 2.55 bits per heavy atom. The van der Waals surface area contributed by atoms with E-state index in [1.54, 1.807) is 0 Å². The van der Waals surface area contributed by atoms with Gasteiger partial charge in [0.1, 0.15) is 6.04 Å². The van der Waals surface area contributed by atoms with Crippen LogP contribution in [0.3, 0.4) is 0 Å². The molecule has 110 valence electrons. The molecule has 2 rings (SSSR count). The van der Waals surface area contributed by atoms with Gasteiger partial charge in [0.2, 0.25) is 0 Å². The predicted octanol–water partition coefficient (Wildman–Crippen LogP) is 1.81. The molecule has 0 bridgehead atoms. The topological polar surface area (TPSA) is 41.6 Å². The zero-order chi connectivity index (χ0) is 14.5. The van der Waals surface area contributed by atoms with Gasteiger partial charge in [0.25, 0.3) is 0 Å². The van der Waals surface area contributed by atoms with Gasteiger partial charge in [-0.2, -0.15) is 0 Å². The van der Waals surface area contributed by atoms with Gasteiger partial charge in [-0.15, -0.1) is 0 Å². The summed E-state index contributed by atoms with van der Waals surface area (Å²) in [6.07, 6.45) is 1.05. The van der Waals surface area contributed by atoms with E-state index in [-0.39, 0.29) is 12.0 Å². The van der Waals surface area contributed by atoms with Crippen LogP contribution in [-0.4, -0.2) is 44.2 Å². The fraction of sp³-hybridized carbons (Fsp3) is 0.562. The van der Waals surface area contributed by atoms with Crippen molar-refractivity contribution in [2.24, 2.45) is 0 Å². The van der Waals surface area contributed by atoms with E-state index in [0.717, 1.165) is 38.2 Å². The normalized spacial score (nSPS) is 18.4. The molecule has 1 heterocycles. The lowest BCUT2D eigenvalue weighted by Crippen LogP contribution is -2.37. The third kappa shape index (κ3) is 3.58.